The van der Waals surface area contributed by atoms with Crippen LogP contribution < -0.4 is 10.2 Å². The van der Waals surface area contributed by atoms with Crippen LogP contribution in [-0.4, -0.2) is 12.2 Å². The van der Waals surface area contributed by atoms with Crippen molar-refractivity contribution in [2.45, 2.75) is 6.92 Å². The predicted octanol–water partition coefficient (Wildman–Crippen LogP) is 6.47. The van der Waals surface area contributed by atoms with Crippen LogP contribution in [0.1, 0.15) is 21.5 Å². The minimum Gasteiger partial charge on any atom is -0.422 e. The summed E-state index contributed by atoms with van der Waals surface area (Å²) in [6, 6.07) is 26.1. The van der Waals surface area contributed by atoms with Gasteiger partial charge in [0.2, 0.25) is 0 Å². The summed E-state index contributed by atoms with van der Waals surface area (Å²) in [4.78, 5) is 12.6. The average Bonchev–Trinajstić information content (AvgIpc) is 2.75. The van der Waals surface area contributed by atoms with E-state index in [1.165, 1.54) is 0 Å². The van der Waals surface area contributed by atoms with Crippen LogP contribution in [0.25, 0.3) is 10.8 Å². The molecule has 0 saturated heterocycles. The lowest BCUT2D eigenvalue weighted by molar-refractivity contribution is 0.0735. The average molecular weight is 415 g/mol. The Morgan fingerprint density at radius 2 is 1.77 bits per heavy atom. The minimum absolute atomic E-state index is 0.424. The number of halogens is 1. The standard InChI is InChI=1S/C25H19ClN2O2/c1-17-5-4-7-21(15-17)28-27-16-23-22-8-3-2-6-18(22)11-14-24(23)30-25(29)19-9-12-20(26)13-10-19/h2-16,28H,1H3/b27-16+. The van der Waals surface area contributed by atoms with Gasteiger partial charge in [0.15, 0.2) is 0 Å². The Bertz CT molecular complexity index is 1230. The Hall–Kier alpha value is -3.63. The molecule has 0 aliphatic carbocycles. The van der Waals surface area contributed by atoms with E-state index in [4.69, 9.17) is 16.3 Å². The number of esters is 1. The lowest BCUT2D eigenvalue weighted by atomic mass is 10.0. The highest BCUT2D eigenvalue weighted by atomic mass is 35.5. The zero-order chi connectivity index (χ0) is 20.9. The Balaban J connectivity index is 1.66. The molecule has 1 N–H and O–H groups in total. The van der Waals surface area contributed by atoms with Crippen LogP contribution in [-0.2, 0) is 0 Å². The van der Waals surface area contributed by atoms with E-state index in [0.717, 1.165) is 27.6 Å². The molecule has 0 bridgehead atoms. The maximum Gasteiger partial charge on any atom is 0.343 e. The molecule has 0 unspecified atom stereocenters. The van der Waals surface area contributed by atoms with Crippen molar-refractivity contribution in [3.8, 4) is 5.75 Å². The summed E-state index contributed by atoms with van der Waals surface area (Å²) < 4.78 is 5.70. The molecule has 0 aliphatic heterocycles. The fraction of sp³-hybridized carbons (Fsp3) is 0.0400. The zero-order valence-corrected chi connectivity index (χ0v) is 17.1. The molecular weight excluding hydrogens is 396 g/mol. The molecule has 0 aliphatic rings. The lowest BCUT2D eigenvalue weighted by Crippen LogP contribution is -2.10. The van der Waals surface area contributed by atoms with Crippen LogP contribution in [0.3, 0.4) is 0 Å². The second-order valence-electron chi connectivity index (χ2n) is 6.83. The monoisotopic (exact) mass is 414 g/mol. The van der Waals surface area contributed by atoms with E-state index in [-0.39, 0.29) is 0 Å². The van der Waals surface area contributed by atoms with Crippen LogP contribution in [0.5, 0.6) is 5.75 Å². The maximum absolute atomic E-state index is 12.6. The first-order chi connectivity index (χ1) is 14.6. The van der Waals surface area contributed by atoms with Crippen molar-refractivity contribution in [3.05, 3.63) is 107 Å². The van der Waals surface area contributed by atoms with Gasteiger partial charge < -0.3 is 4.74 Å². The number of carbonyl (C=O) groups is 1. The highest BCUT2D eigenvalue weighted by Gasteiger charge is 2.13. The molecule has 0 spiro atoms. The van der Waals surface area contributed by atoms with Gasteiger partial charge in [0, 0.05) is 10.6 Å². The summed E-state index contributed by atoms with van der Waals surface area (Å²) in [6.45, 7) is 2.02. The summed E-state index contributed by atoms with van der Waals surface area (Å²) >= 11 is 5.91. The highest BCUT2D eigenvalue weighted by molar-refractivity contribution is 6.30. The summed E-state index contributed by atoms with van der Waals surface area (Å²) in [6.07, 6.45) is 1.68. The van der Waals surface area contributed by atoms with Gasteiger partial charge in [0.05, 0.1) is 17.5 Å². The lowest BCUT2D eigenvalue weighted by Gasteiger charge is -2.11. The molecule has 148 valence electrons. The van der Waals surface area contributed by atoms with Gasteiger partial charge in [-0.3, -0.25) is 5.43 Å². The van der Waals surface area contributed by atoms with Crippen LogP contribution in [0.2, 0.25) is 5.02 Å². The molecule has 0 amide bonds. The van der Waals surface area contributed by atoms with Gasteiger partial charge in [-0.25, -0.2) is 4.79 Å². The van der Waals surface area contributed by atoms with Crippen molar-refractivity contribution in [2.75, 3.05) is 5.43 Å². The Labute approximate surface area is 179 Å². The molecule has 4 rings (SSSR count). The number of benzene rings is 4. The van der Waals surface area contributed by atoms with Crippen molar-refractivity contribution in [1.29, 1.82) is 0 Å². The Kier molecular flexibility index (Phi) is 5.77. The number of hydrogen-bond acceptors (Lipinski definition) is 4. The van der Waals surface area contributed by atoms with E-state index >= 15 is 0 Å². The molecule has 5 heteroatoms. The zero-order valence-electron chi connectivity index (χ0n) is 16.3. The minimum atomic E-state index is -0.455. The van der Waals surface area contributed by atoms with Gasteiger partial charge in [0.1, 0.15) is 5.75 Å². The first kappa shape index (κ1) is 19.7. The van der Waals surface area contributed by atoms with Gasteiger partial charge in [-0.1, -0.05) is 54.1 Å². The summed E-state index contributed by atoms with van der Waals surface area (Å²) in [5, 5.41) is 6.90. The molecule has 0 saturated carbocycles. The van der Waals surface area contributed by atoms with Crippen molar-refractivity contribution >= 4 is 40.2 Å². The number of carbonyl (C=O) groups excluding carboxylic acids is 1. The summed E-state index contributed by atoms with van der Waals surface area (Å²) in [5.41, 5.74) is 6.19. The maximum atomic E-state index is 12.6. The molecular formula is C25H19ClN2O2. The van der Waals surface area contributed by atoms with Crippen molar-refractivity contribution in [1.82, 2.24) is 0 Å². The fourth-order valence-electron chi connectivity index (χ4n) is 3.13. The third-order valence-corrected chi connectivity index (χ3v) is 4.87. The van der Waals surface area contributed by atoms with Gasteiger partial charge in [-0.2, -0.15) is 5.10 Å². The number of aryl methyl sites for hydroxylation is 1. The van der Waals surface area contributed by atoms with E-state index in [9.17, 15) is 4.79 Å². The molecule has 0 aromatic heterocycles. The van der Waals surface area contributed by atoms with E-state index < -0.39 is 5.97 Å². The normalized spacial score (nSPS) is 11.0. The second kappa shape index (κ2) is 8.80. The Morgan fingerprint density at radius 1 is 0.967 bits per heavy atom. The largest absolute Gasteiger partial charge is 0.422 e. The van der Waals surface area contributed by atoms with Crippen molar-refractivity contribution in [3.63, 3.8) is 0 Å². The van der Waals surface area contributed by atoms with Crippen LogP contribution >= 0.6 is 11.6 Å². The third kappa shape index (κ3) is 4.50. The number of hydrogen-bond donors (Lipinski definition) is 1. The van der Waals surface area contributed by atoms with Crippen molar-refractivity contribution < 1.29 is 9.53 Å². The number of fused-ring (bicyclic) bond motifs is 1. The summed E-state index contributed by atoms with van der Waals surface area (Å²) in [5.74, 6) is -0.0216. The van der Waals surface area contributed by atoms with Crippen LogP contribution in [0, 0.1) is 6.92 Å². The van der Waals surface area contributed by atoms with E-state index in [1.807, 2.05) is 61.5 Å². The van der Waals surface area contributed by atoms with Crippen LogP contribution in [0.4, 0.5) is 5.69 Å². The first-order valence-corrected chi connectivity index (χ1v) is 9.83. The van der Waals surface area contributed by atoms with E-state index in [0.29, 0.717) is 16.3 Å². The molecule has 0 atom stereocenters. The highest BCUT2D eigenvalue weighted by Crippen LogP contribution is 2.27. The Morgan fingerprint density at radius 3 is 2.57 bits per heavy atom. The topological polar surface area (TPSA) is 50.7 Å². The van der Waals surface area contributed by atoms with Gasteiger partial charge in [0.25, 0.3) is 0 Å². The van der Waals surface area contributed by atoms with Crippen LogP contribution in [0.15, 0.2) is 90.0 Å². The number of ether oxygens (including phenoxy) is 1. The summed E-state index contributed by atoms with van der Waals surface area (Å²) in [7, 11) is 0. The SMILES string of the molecule is Cc1cccc(N/N=C/c2c(OC(=O)c3ccc(Cl)cc3)ccc3ccccc23)c1. The molecule has 0 fully saturated rings. The number of rotatable bonds is 5. The molecule has 0 heterocycles. The van der Waals surface area contributed by atoms with Gasteiger partial charge in [-0.05, 0) is 65.7 Å². The van der Waals surface area contributed by atoms with Crippen molar-refractivity contribution in [2.24, 2.45) is 5.10 Å². The molecule has 30 heavy (non-hydrogen) atoms. The third-order valence-electron chi connectivity index (χ3n) is 4.62. The molecule has 4 aromatic rings. The number of nitrogens with one attached hydrogen (secondary N) is 1. The molecule has 4 aromatic carbocycles. The first-order valence-electron chi connectivity index (χ1n) is 9.45. The second-order valence-corrected chi connectivity index (χ2v) is 7.27. The van der Waals surface area contributed by atoms with Gasteiger partial charge >= 0.3 is 5.97 Å². The van der Waals surface area contributed by atoms with E-state index in [1.54, 1.807) is 36.5 Å². The number of hydrazone groups is 1. The smallest absolute Gasteiger partial charge is 0.343 e. The van der Waals surface area contributed by atoms with E-state index in [2.05, 4.69) is 10.5 Å². The number of anilines is 1. The predicted molar refractivity (Wildman–Crippen MR) is 123 cm³/mol. The quantitative estimate of drug-likeness (QED) is 0.176. The molecule has 4 nitrogen and oxygen atoms in total. The number of nitrogens with zero attached hydrogens (tertiary/aromatic N) is 1. The fourth-order valence-corrected chi connectivity index (χ4v) is 3.25. The van der Waals surface area contributed by atoms with Gasteiger partial charge in [-0.15, -0.1) is 0 Å². The molecule has 0 radical (unpaired) electrons.